The predicted octanol–water partition coefficient (Wildman–Crippen LogP) is 2.05. The summed E-state index contributed by atoms with van der Waals surface area (Å²) < 4.78 is 24.0. The smallest absolute Gasteiger partial charge is 0.280 e. The van der Waals surface area contributed by atoms with Crippen LogP contribution >= 0.6 is 8.30 Å². The summed E-state index contributed by atoms with van der Waals surface area (Å²) in [7, 11) is -0.936. The molecule has 1 aliphatic heterocycles. The molecule has 0 bridgehead atoms. The number of amides is 1. The molecule has 11 nitrogen and oxygen atoms in total. The van der Waals surface area contributed by atoms with E-state index in [4.69, 9.17) is 10.7 Å². The molecule has 1 aliphatic rings. The summed E-state index contributed by atoms with van der Waals surface area (Å²) in [5, 5.41) is 7.17. The molecule has 2 aromatic rings. The van der Waals surface area contributed by atoms with Gasteiger partial charge in [0.15, 0.2) is 11.2 Å². The average molecular weight is 470 g/mol. The van der Waals surface area contributed by atoms with Gasteiger partial charge in [-0.3, -0.25) is 29.1 Å². The molecule has 2 unspecified atom stereocenters. The third kappa shape index (κ3) is 4.87. The van der Waals surface area contributed by atoms with E-state index in [0.717, 1.165) is 0 Å². The lowest BCUT2D eigenvalue weighted by Gasteiger charge is -2.37. The van der Waals surface area contributed by atoms with Crippen LogP contribution in [0.4, 0.5) is 5.95 Å². The van der Waals surface area contributed by atoms with Crippen molar-refractivity contribution >= 4 is 31.3 Å². The van der Waals surface area contributed by atoms with Crippen LogP contribution in [0, 0.1) is 5.92 Å². The number of nitrogens with one attached hydrogen (secondary N) is 2. The molecule has 0 saturated carbocycles. The number of aliphatic hydroxyl groups is 1. The lowest BCUT2D eigenvalue weighted by Crippen LogP contribution is -2.36. The van der Waals surface area contributed by atoms with E-state index in [2.05, 4.69) is 64.4 Å². The third-order valence-electron chi connectivity index (χ3n) is 5.47. The lowest BCUT2D eigenvalue weighted by molar-refractivity contribution is -0.114. The highest BCUT2D eigenvalue weighted by Crippen LogP contribution is 2.48. The van der Waals surface area contributed by atoms with E-state index in [1.807, 2.05) is 6.92 Å². The van der Waals surface area contributed by atoms with E-state index in [9.17, 15) is 9.59 Å². The van der Waals surface area contributed by atoms with Crippen LogP contribution in [-0.4, -0.2) is 74.2 Å². The Morgan fingerprint density at radius 2 is 2.16 bits per heavy atom. The van der Waals surface area contributed by atoms with Gasteiger partial charge in [0.05, 0.1) is 19.0 Å². The lowest BCUT2D eigenvalue weighted by atomic mass is 10.0. The van der Waals surface area contributed by atoms with Gasteiger partial charge in [-0.05, 0) is 34.4 Å². The number of anilines is 1. The van der Waals surface area contributed by atoms with Gasteiger partial charge in [-0.2, -0.15) is 4.98 Å². The second kappa shape index (κ2) is 9.93. The summed E-state index contributed by atoms with van der Waals surface area (Å²) in [6.07, 6.45) is 0.124. The largest absolute Gasteiger partial charge is 0.394 e. The number of nitrogens with zero attached hydrogens (tertiary/aromatic N) is 4. The Kier molecular flexibility index (Phi) is 7.21. The Morgan fingerprint density at radius 3 is 2.75 bits per heavy atom. The normalized spacial score (nSPS) is 25.1. The molecule has 12 heteroatoms. The summed E-state index contributed by atoms with van der Waals surface area (Å²) in [5.74, 6) is -0.474. The van der Waals surface area contributed by atoms with E-state index < -0.39 is 26.2 Å². The molecule has 0 spiro atoms. The Morgan fingerprint density at radius 1 is 1.47 bits per heavy atom. The first-order valence-electron chi connectivity index (χ1n) is 11.1. The van der Waals surface area contributed by atoms with Crippen molar-refractivity contribution in [2.75, 3.05) is 18.6 Å². The van der Waals surface area contributed by atoms with Gasteiger partial charge in [-0.1, -0.05) is 6.92 Å². The van der Waals surface area contributed by atoms with Crippen LogP contribution in [0.15, 0.2) is 11.1 Å². The number of aromatic amines is 1. The van der Waals surface area contributed by atoms with Gasteiger partial charge >= 0.3 is 0 Å². The highest BCUT2D eigenvalue weighted by molar-refractivity contribution is 7.49. The van der Waals surface area contributed by atoms with Crippen LogP contribution in [-0.2, 0) is 14.1 Å². The molecule has 1 saturated heterocycles. The highest BCUT2D eigenvalue weighted by Gasteiger charge is 2.45. The van der Waals surface area contributed by atoms with E-state index in [-0.39, 0.29) is 41.6 Å². The molecule has 3 rings (SSSR count). The number of imidazole rings is 1. The number of carbonyl (C=O) groups excluding carboxylic acids is 1. The zero-order valence-electron chi connectivity index (χ0n) is 20.5. The summed E-state index contributed by atoms with van der Waals surface area (Å²) in [5.41, 5.74) is -0.0371. The zero-order valence-corrected chi connectivity index (χ0v) is 20.4. The quantitative estimate of drug-likeness (QED) is 0.475. The third-order valence-corrected chi connectivity index (χ3v) is 7.59. The summed E-state index contributed by atoms with van der Waals surface area (Å²) >= 11 is 0. The van der Waals surface area contributed by atoms with Crippen LogP contribution < -0.4 is 10.9 Å². The molecule has 3 heterocycles. The summed E-state index contributed by atoms with van der Waals surface area (Å²) in [6, 6.07) is 0.613. The number of carbonyl (C=O) groups is 1. The first-order valence-corrected chi connectivity index (χ1v) is 12.4. The number of aliphatic hydroxyl groups excluding tert-OH is 1. The number of aromatic nitrogens is 4. The van der Waals surface area contributed by atoms with Gasteiger partial charge in [0.2, 0.25) is 13.3 Å². The van der Waals surface area contributed by atoms with E-state index in [1.54, 1.807) is 4.57 Å². The Balaban J connectivity index is 1.93. The SMILES string of the molecule is [2H]OC[C@H]1O[C@@H](n2cnc3c(=O)[nH]c(NC(C)=O)nc32)[C@@H](C)C1OP(C)N(C(C)C)C(C)C. The molecule has 1 amide bonds. The van der Waals surface area contributed by atoms with Crippen molar-refractivity contribution in [1.82, 2.24) is 24.2 Å². The van der Waals surface area contributed by atoms with Gasteiger partial charge in [0, 0.05) is 24.9 Å². The minimum atomic E-state index is -0.936. The van der Waals surface area contributed by atoms with E-state index in [1.165, 1.54) is 13.3 Å². The van der Waals surface area contributed by atoms with Crippen LogP contribution in [0.1, 0.15) is 47.8 Å². The number of ether oxygens (including phenoxy) is 1. The monoisotopic (exact) mass is 469 g/mol. The summed E-state index contributed by atoms with van der Waals surface area (Å²) in [4.78, 5) is 34.9. The fraction of sp³-hybridized carbons (Fsp3) is 0.700. The summed E-state index contributed by atoms with van der Waals surface area (Å²) in [6.45, 7) is 14.0. The van der Waals surface area contributed by atoms with Crippen LogP contribution in [0.2, 0.25) is 0 Å². The molecule has 32 heavy (non-hydrogen) atoms. The van der Waals surface area contributed by atoms with Crippen molar-refractivity contribution in [3.8, 4) is 0 Å². The predicted molar refractivity (Wildman–Crippen MR) is 122 cm³/mol. The fourth-order valence-corrected chi connectivity index (χ4v) is 6.40. The van der Waals surface area contributed by atoms with Crippen molar-refractivity contribution in [2.45, 2.75) is 72.1 Å². The van der Waals surface area contributed by atoms with Crippen molar-refractivity contribution in [3.05, 3.63) is 16.7 Å². The second-order valence-electron chi connectivity index (χ2n) is 8.61. The van der Waals surface area contributed by atoms with Crippen LogP contribution in [0.5, 0.6) is 0 Å². The van der Waals surface area contributed by atoms with Crippen molar-refractivity contribution in [2.24, 2.45) is 5.92 Å². The first kappa shape index (κ1) is 23.3. The highest BCUT2D eigenvalue weighted by atomic mass is 31.2. The van der Waals surface area contributed by atoms with Crippen molar-refractivity contribution in [1.29, 1.82) is 1.43 Å². The fourth-order valence-electron chi connectivity index (χ4n) is 4.31. The maximum Gasteiger partial charge on any atom is 0.280 e. The maximum absolute atomic E-state index is 12.4. The zero-order chi connectivity index (χ0) is 24.4. The van der Waals surface area contributed by atoms with Gasteiger partial charge in [0.25, 0.3) is 5.56 Å². The standard InChI is InChI=1S/C20H33N6O5P/c1-10(2)26(11(3)4)32(7)31-16-12(5)19(30-14(16)8-27)25-9-21-15-17(25)23-20(22-13(6)28)24-18(15)29/h9-12,14,16,19,27H,8H2,1-7H3,(H2,22,23,24,28,29)/t12-,14+,16?,19+,32?/m0/s1/i27D. The Bertz CT molecular complexity index is 1020. The molecular formula is C20H33N6O5P. The number of H-pyrrole nitrogens is 1. The van der Waals surface area contributed by atoms with Crippen LogP contribution in [0.3, 0.4) is 0 Å². The van der Waals surface area contributed by atoms with Gasteiger partial charge in [0.1, 0.15) is 20.6 Å². The molecular weight excluding hydrogens is 435 g/mol. The molecule has 0 aliphatic carbocycles. The average Bonchev–Trinajstić information content (AvgIpc) is 3.23. The number of hydrogen-bond donors (Lipinski definition) is 3. The Hall–Kier alpha value is -1.91. The number of rotatable bonds is 9. The number of hydrogen-bond acceptors (Lipinski definition) is 8. The molecule has 5 atom stereocenters. The van der Waals surface area contributed by atoms with Crippen molar-refractivity contribution < 1.29 is 19.2 Å². The molecule has 0 aromatic carbocycles. The topological polar surface area (TPSA) is 135 Å². The van der Waals surface area contributed by atoms with Gasteiger partial charge < -0.3 is 14.4 Å². The minimum absolute atomic E-state index is 0.0350. The van der Waals surface area contributed by atoms with E-state index >= 15 is 0 Å². The van der Waals surface area contributed by atoms with Crippen molar-refractivity contribution in [3.63, 3.8) is 0 Å². The second-order valence-corrected chi connectivity index (χ2v) is 10.2. The molecule has 1 fully saturated rings. The maximum atomic E-state index is 12.4. The Labute approximate surface area is 189 Å². The number of fused-ring (bicyclic) bond motifs is 1. The molecule has 178 valence electrons. The molecule has 0 radical (unpaired) electrons. The minimum Gasteiger partial charge on any atom is -0.394 e. The van der Waals surface area contributed by atoms with Crippen LogP contribution in [0.25, 0.3) is 11.2 Å². The first-order chi connectivity index (χ1) is 15.5. The van der Waals surface area contributed by atoms with Gasteiger partial charge in [-0.25, -0.2) is 4.98 Å². The molecule has 3 N–H and O–H groups in total. The van der Waals surface area contributed by atoms with Gasteiger partial charge in [-0.15, -0.1) is 0 Å². The van der Waals surface area contributed by atoms with E-state index in [0.29, 0.717) is 12.1 Å². The molecule has 2 aromatic heterocycles.